The standard InChI is InChI=1S/C9H7IN2O3/c10-9-6-2-1-5(13)3-7(6)12(11-9)4-8(14)15/h1-3,13H,4H2,(H,14,15). The van der Waals surface area contributed by atoms with Crippen molar-refractivity contribution >= 4 is 39.5 Å². The molecule has 0 fully saturated rings. The first-order valence-corrected chi connectivity index (χ1v) is 5.22. The zero-order valence-electron chi connectivity index (χ0n) is 7.51. The normalized spacial score (nSPS) is 10.7. The van der Waals surface area contributed by atoms with Crippen LogP contribution in [0, 0.1) is 3.70 Å². The number of nitrogens with zero attached hydrogens (tertiary/aromatic N) is 2. The Morgan fingerprint density at radius 1 is 1.53 bits per heavy atom. The molecule has 2 aromatic rings. The van der Waals surface area contributed by atoms with Gasteiger partial charge in [-0.3, -0.25) is 9.48 Å². The highest BCUT2D eigenvalue weighted by Crippen LogP contribution is 2.23. The van der Waals surface area contributed by atoms with Crippen molar-refractivity contribution in [1.29, 1.82) is 0 Å². The molecule has 2 rings (SSSR count). The van der Waals surface area contributed by atoms with Gasteiger partial charge in [-0.1, -0.05) is 0 Å². The maximum Gasteiger partial charge on any atom is 0.325 e. The number of rotatable bonds is 2. The molecule has 0 aliphatic heterocycles. The lowest BCUT2D eigenvalue weighted by atomic mass is 10.2. The van der Waals surface area contributed by atoms with Gasteiger partial charge in [0, 0.05) is 11.5 Å². The minimum Gasteiger partial charge on any atom is -0.508 e. The molecule has 6 heteroatoms. The second-order valence-electron chi connectivity index (χ2n) is 3.04. The smallest absolute Gasteiger partial charge is 0.325 e. The molecular weight excluding hydrogens is 311 g/mol. The largest absolute Gasteiger partial charge is 0.508 e. The van der Waals surface area contributed by atoms with Crippen molar-refractivity contribution in [2.75, 3.05) is 0 Å². The third-order valence-electron chi connectivity index (χ3n) is 1.98. The van der Waals surface area contributed by atoms with Gasteiger partial charge in [0.25, 0.3) is 0 Å². The van der Waals surface area contributed by atoms with E-state index in [9.17, 15) is 9.90 Å². The maximum atomic E-state index is 10.6. The minimum atomic E-state index is -0.959. The van der Waals surface area contributed by atoms with E-state index in [4.69, 9.17) is 5.11 Å². The SMILES string of the molecule is O=C(O)Cn1nc(I)c2ccc(O)cc21. The second-order valence-corrected chi connectivity index (χ2v) is 4.07. The summed E-state index contributed by atoms with van der Waals surface area (Å²) >= 11 is 2.03. The van der Waals surface area contributed by atoms with E-state index in [0.29, 0.717) is 5.52 Å². The molecular formula is C9H7IN2O3. The number of hydrogen-bond acceptors (Lipinski definition) is 3. The predicted octanol–water partition coefficient (Wildman–Crippen LogP) is 1.43. The molecule has 0 radical (unpaired) electrons. The number of fused-ring (bicyclic) bond motifs is 1. The molecule has 0 unspecified atom stereocenters. The fourth-order valence-corrected chi connectivity index (χ4v) is 2.09. The van der Waals surface area contributed by atoms with E-state index in [1.807, 2.05) is 22.6 Å². The summed E-state index contributed by atoms with van der Waals surface area (Å²) in [5.41, 5.74) is 0.627. The monoisotopic (exact) mass is 318 g/mol. The number of benzene rings is 1. The third-order valence-corrected chi connectivity index (χ3v) is 2.77. The molecule has 1 aromatic heterocycles. The average molecular weight is 318 g/mol. The van der Waals surface area contributed by atoms with Gasteiger partial charge >= 0.3 is 5.97 Å². The molecule has 1 heterocycles. The van der Waals surface area contributed by atoms with E-state index in [2.05, 4.69) is 5.10 Å². The Kier molecular flexibility index (Phi) is 2.51. The molecule has 0 aliphatic carbocycles. The van der Waals surface area contributed by atoms with E-state index < -0.39 is 5.97 Å². The molecule has 0 bridgehead atoms. The van der Waals surface area contributed by atoms with Crippen LogP contribution in [0.25, 0.3) is 10.9 Å². The molecule has 1 aromatic carbocycles. The lowest BCUT2D eigenvalue weighted by molar-refractivity contribution is -0.137. The number of phenolic OH excluding ortho intramolecular Hbond substituents is 1. The Hall–Kier alpha value is -1.31. The summed E-state index contributed by atoms with van der Waals surface area (Å²) in [4.78, 5) is 10.6. The van der Waals surface area contributed by atoms with Gasteiger partial charge in [-0.2, -0.15) is 5.10 Å². The number of aromatic hydroxyl groups is 1. The maximum absolute atomic E-state index is 10.6. The zero-order chi connectivity index (χ0) is 11.0. The second kappa shape index (κ2) is 3.69. The minimum absolute atomic E-state index is 0.102. The molecule has 5 nitrogen and oxygen atoms in total. The van der Waals surface area contributed by atoms with E-state index in [-0.39, 0.29) is 12.3 Å². The van der Waals surface area contributed by atoms with Crippen molar-refractivity contribution in [3.8, 4) is 5.75 Å². The fraction of sp³-hybridized carbons (Fsp3) is 0.111. The molecule has 0 atom stereocenters. The van der Waals surface area contributed by atoms with Crippen molar-refractivity contribution in [1.82, 2.24) is 9.78 Å². The highest BCUT2D eigenvalue weighted by molar-refractivity contribution is 14.1. The molecule has 0 saturated carbocycles. The van der Waals surface area contributed by atoms with Crippen LogP contribution in [-0.2, 0) is 11.3 Å². The van der Waals surface area contributed by atoms with Gasteiger partial charge in [-0.25, -0.2) is 0 Å². The van der Waals surface area contributed by atoms with Crippen molar-refractivity contribution in [3.63, 3.8) is 0 Å². The summed E-state index contributed by atoms with van der Waals surface area (Å²) in [6.45, 7) is -0.205. The van der Waals surface area contributed by atoms with E-state index in [1.54, 1.807) is 12.1 Å². The number of carbonyl (C=O) groups is 1. The Morgan fingerprint density at radius 3 is 2.93 bits per heavy atom. The van der Waals surface area contributed by atoms with Crippen LogP contribution in [0.5, 0.6) is 5.75 Å². The summed E-state index contributed by atoms with van der Waals surface area (Å²) in [6, 6.07) is 4.78. The van der Waals surface area contributed by atoms with E-state index in [1.165, 1.54) is 10.7 Å². The first kappa shape index (κ1) is 10.2. The van der Waals surface area contributed by atoms with Crippen LogP contribution in [-0.4, -0.2) is 26.0 Å². The number of aliphatic carboxylic acids is 1. The third kappa shape index (κ3) is 1.89. The summed E-state index contributed by atoms with van der Waals surface area (Å²) in [6.07, 6.45) is 0. The summed E-state index contributed by atoms with van der Waals surface area (Å²) < 4.78 is 2.09. The van der Waals surface area contributed by atoms with Gasteiger partial charge in [0.2, 0.25) is 0 Å². The quantitative estimate of drug-likeness (QED) is 0.822. The topological polar surface area (TPSA) is 75.3 Å². The number of carboxylic acid groups (broad SMARTS) is 1. The van der Waals surface area contributed by atoms with Gasteiger partial charge < -0.3 is 10.2 Å². The first-order valence-electron chi connectivity index (χ1n) is 4.15. The molecule has 0 saturated heterocycles. The molecule has 0 aliphatic rings. The van der Waals surface area contributed by atoms with Crippen molar-refractivity contribution in [3.05, 3.63) is 21.9 Å². The summed E-state index contributed by atoms with van der Waals surface area (Å²) in [5.74, 6) is -0.857. The summed E-state index contributed by atoms with van der Waals surface area (Å²) in [7, 11) is 0. The number of halogens is 1. The van der Waals surface area contributed by atoms with E-state index >= 15 is 0 Å². The number of phenols is 1. The van der Waals surface area contributed by atoms with Gasteiger partial charge in [0.1, 0.15) is 16.0 Å². The van der Waals surface area contributed by atoms with E-state index in [0.717, 1.165) is 9.09 Å². The summed E-state index contributed by atoms with van der Waals surface area (Å²) in [5, 5.41) is 22.9. The van der Waals surface area contributed by atoms with Gasteiger partial charge in [0.05, 0.1) is 5.52 Å². The lowest BCUT2D eigenvalue weighted by Crippen LogP contribution is -2.09. The Bertz CT molecular complexity index is 535. The van der Waals surface area contributed by atoms with Gasteiger partial charge in [-0.05, 0) is 34.7 Å². The van der Waals surface area contributed by atoms with Crippen LogP contribution in [0.1, 0.15) is 0 Å². The predicted molar refractivity (Wildman–Crippen MR) is 61.8 cm³/mol. The van der Waals surface area contributed by atoms with Crippen LogP contribution >= 0.6 is 22.6 Å². The van der Waals surface area contributed by atoms with Crippen molar-refractivity contribution in [2.45, 2.75) is 6.54 Å². The number of carboxylic acids is 1. The van der Waals surface area contributed by atoms with Crippen LogP contribution in [0.15, 0.2) is 18.2 Å². The Morgan fingerprint density at radius 2 is 2.27 bits per heavy atom. The zero-order valence-corrected chi connectivity index (χ0v) is 9.67. The van der Waals surface area contributed by atoms with Crippen LogP contribution in [0.4, 0.5) is 0 Å². The van der Waals surface area contributed by atoms with Gasteiger partial charge in [-0.15, -0.1) is 0 Å². The van der Waals surface area contributed by atoms with Gasteiger partial charge in [0.15, 0.2) is 0 Å². The van der Waals surface area contributed by atoms with Crippen molar-refractivity contribution < 1.29 is 15.0 Å². The fourth-order valence-electron chi connectivity index (χ4n) is 1.37. The van der Waals surface area contributed by atoms with Crippen LogP contribution in [0.2, 0.25) is 0 Å². The molecule has 2 N–H and O–H groups in total. The molecule has 0 spiro atoms. The Labute approximate surface area is 98.5 Å². The number of aromatic nitrogens is 2. The van der Waals surface area contributed by atoms with Crippen LogP contribution < -0.4 is 0 Å². The molecule has 15 heavy (non-hydrogen) atoms. The number of hydrogen-bond donors (Lipinski definition) is 2. The Balaban J connectivity index is 2.64. The van der Waals surface area contributed by atoms with Crippen molar-refractivity contribution in [2.24, 2.45) is 0 Å². The lowest BCUT2D eigenvalue weighted by Gasteiger charge is -1.98. The van der Waals surface area contributed by atoms with Crippen LogP contribution in [0.3, 0.4) is 0 Å². The molecule has 78 valence electrons. The first-order chi connectivity index (χ1) is 7.08. The highest BCUT2D eigenvalue weighted by atomic mass is 127. The highest BCUT2D eigenvalue weighted by Gasteiger charge is 2.10. The average Bonchev–Trinajstić information content (AvgIpc) is 2.42. The molecule has 0 amide bonds.